The van der Waals surface area contributed by atoms with E-state index in [-0.39, 0.29) is 11.2 Å². The lowest BCUT2D eigenvalue weighted by atomic mass is 9.79. The largest absolute Gasteiger partial charge is 0.361 e. The lowest BCUT2D eigenvalue weighted by Crippen LogP contribution is -2.41. The molecule has 31 heavy (non-hydrogen) atoms. The second-order valence-corrected chi connectivity index (χ2v) is 9.44. The number of benzene rings is 1. The third-order valence-electron chi connectivity index (χ3n) is 6.77. The number of hydrogen-bond donors (Lipinski definition) is 2. The zero-order valence-electron chi connectivity index (χ0n) is 18.5. The molecule has 1 atom stereocenters. The van der Waals surface area contributed by atoms with E-state index in [1.807, 2.05) is 25.1 Å². The minimum atomic E-state index is -0.197. The fraction of sp³-hybridized carbons (Fsp3) is 0.542. The quantitative estimate of drug-likeness (QED) is 0.630. The molecule has 1 aliphatic heterocycles. The van der Waals surface area contributed by atoms with Crippen LogP contribution in [-0.2, 0) is 5.41 Å². The van der Waals surface area contributed by atoms with Crippen LogP contribution < -0.4 is 15.5 Å². The summed E-state index contributed by atoms with van der Waals surface area (Å²) >= 11 is 5.58. The van der Waals surface area contributed by atoms with Gasteiger partial charge in [-0.05, 0) is 75.9 Å². The molecule has 2 N–H and O–H groups in total. The highest BCUT2D eigenvalue weighted by atomic mass is 32.1. The van der Waals surface area contributed by atoms with Crippen LogP contribution in [0.1, 0.15) is 63.1 Å². The van der Waals surface area contributed by atoms with Crippen LogP contribution in [-0.4, -0.2) is 34.2 Å². The van der Waals surface area contributed by atoms with Crippen LogP contribution in [0.5, 0.6) is 0 Å². The van der Waals surface area contributed by atoms with Gasteiger partial charge in [0.25, 0.3) is 0 Å². The topological polar surface area (TPSA) is 53.1 Å². The molecule has 0 amide bonds. The average molecular weight is 442 g/mol. The second-order valence-electron chi connectivity index (χ2n) is 9.03. The van der Waals surface area contributed by atoms with Gasteiger partial charge in [-0.15, -0.1) is 0 Å². The summed E-state index contributed by atoms with van der Waals surface area (Å²) in [7, 11) is 0. The number of halogens is 1. The molecular formula is C24H32FN5S. The Morgan fingerprint density at radius 2 is 1.90 bits per heavy atom. The Hall–Kier alpha value is -2.28. The van der Waals surface area contributed by atoms with Gasteiger partial charge in [0.05, 0.1) is 0 Å². The molecule has 2 fully saturated rings. The Bertz CT molecular complexity index is 911. The summed E-state index contributed by atoms with van der Waals surface area (Å²) in [6.07, 6.45) is 8.17. The number of aromatic nitrogens is 2. The highest BCUT2D eigenvalue weighted by Crippen LogP contribution is 2.40. The van der Waals surface area contributed by atoms with Crippen LogP contribution in [0.3, 0.4) is 0 Å². The predicted molar refractivity (Wildman–Crippen MR) is 128 cm³/mol. The lowest BCUT2D eigenvalue weighted by molar-refractivity contribution is 0.434. The van der Waals surface area contributed by atoms with Crippen LogP contribution >= 0.6 is 12.2 Å². The molecule has 0 radical (unpaired) electrons. The highest BCUT2D eigenvalue weighted by Gasteiger charge is 2.35. The molecule has 0 unspecified atom stereocenters. The fourth-order valence-electron chi connectivity index (χ4n) is 5.01. The first-order chi connectivity index (χ1) is 14.9. The number of piperidine rings is 1. The van der Waals surface area contributed by atoms with E-state index in [0.717, 1.165) is 30.9 Å². The molecule has 0 bridgehead atoms. The summed E-state index contributed by atoms with van der Waals surface area (Å²) in [6.45, 7) is 5.99. The molecule has 1 saturated carbocycles. The molecular weight excluding hydrogens is 409 g/mol. The number of rotatable bonds is 5. The SMILES string of the molecule is Cc1cc(N2CCCC[C@H]2C)nc(NC(=S)NCC2(c3ccc(F)cc3)CCCC2)n1. The molecule has 2 aromatic rings. The maximum Gasteiger partial charge on any atom is 0.231 e. The number of aryl methyl sites for hydroxylation is 1. The number of hydrogen-bond acceptors (Lipinski definition) is 4. The van der Waals surface area contributed by atoms with Gasteiger partial charge in [-0.1, -0.05) is 25.0 Å². The minimum absolute atomic E-state index is 0.0126. The van der Waals surface area contributed by atoms with Crippen LogP contribution in [0.15, 0.2) is 30.3 Å². The van der Waals surface area contributed by atoms with Crippen molar-refractivity contribution in [1.82, 2.24) is 15.3 Å². The third-order valence-corrected chi connectivity index (χ3v) is 7.01. The van der Waals surface area contributed by atoms with Gasteiger partial charge in [0, 0.05) is 36.3 Å². The molecule has 1 aromatic carbocycles. The zero-order valence-corrected chi connectivity index (χ0v) is 19.3. The molecule has 1 saturated heterocycles. The fourth-order valence-corrected chi connectivity index (χ4v) is 5.17. The standard InChI is InChI=1S/C24H32FN5S/c1-17-15-21(30-14-6-3-7-18(30)2)28-22(27-17)29-23(31)26-16-24(12-4-5-13-24)19-8-10-20(25)11-9-19/h8-11,15,18H,3-7,12-14,16H2,1-2H3,(H2,26,27,28,29,31)/t18-/m1/s1. The molecule has 5 nitrogen and oxygen atoms in total. The molecule has 166 valence electrons. The summed E-state index contributed by atoms with van der Waals surface area (Å²) in [5.74, 6) is 1.30. The Balaban J connectivity index is 1.43. The van der Waals surface area contributed by atoms with Crippen molar-refractivity contribution in [3.05, 3.63) is 47.4 Å². The van der Waals surface area contributed by atoms with Crippen molar-refractivity contribution in [2.75, 3.05) is 23.3 Å². The van der Waals surface area contributed by atoms with Crippen molar-refractivity contribution in [2.24, 2.45) is 0 Å². The van der Waals surface area contributed by atoms with Crippen molar-refractivity contribution in [3.63, 3.8) is 0 Å². The molecule has 2 heterocycles. The van der Waals surface area contributed by atoms with Gasteiger partial charge in [-0.25, -0.2) is 9.37 Å². The monoisotopic (exact) mass is 441 g/mol. The highest BCUT2D eigenvalue weighted by molar-refractivity contribution is 7.80. The number of nitrogens with one attached hydrogen (secondary N) is 2. The first-order valence-corrected chi connectivity index (χ1v) is 11.8. The minimum Gasteiger partial charge on any atom is -0.361 e. The summed E-state index contributed by atoms with van der Waals surface area (Å²) in [5.41, 5.74) is 2.09. The van der Waals surface area contributed by atoms with Gasteiger partial charge >= 0.3 is 0 Å². The normalized spacial score (nSPS) is 20.5. The van der Waals surface area contributed by atoms with Crippen molar-refractivity contribution < 1.29 is 4.39 Å². The second kappa shape index (κ2) is 9.47. The number of anilines is 2. The Kier molecular flexibility index (Phi) is 6.70. The molecule has 2 aliphatic rings. The smallest absolute Gasteiger partial charge is 0.231 e. The molecule has 1 aliphatic carbocycles. The zero-order chi connectivity index (χ0) is 21.8. The molecule has 1 aromatic heterocycles. The lowest BCUT2D eigenvalue weighted by Gasteiger charge is -2.34. The Morgan fingerprint density at radius 3 is 2.61 bits per heavy atom. The maximum absolute atomic E-state index is 13.4. The third kappa shape index (κ3) is 5.14. The predicted octanol–water partition coefficient (Wildman–Crippen LogP) is 5.10. The van der Waals surface area contributed by atoms with E-state index in [0.29, 0.717) is 23.6 Å². The summed E-state index contributed by atoms with van der Waals surface area (Å²) < 4.78 is 13.4. The van der Waals surface area contributed by atoms with Gasteiger partial charge in [-0.3, -0.25) is 0 Å². The molecule has 4 rings (SSSR count). The van der Waals surface area contributed by atoms with Crippen LogP contribution in [0.2, 0.25) is 0 Å². The van der Waals surface area contributed by atoms with Gasteiger partial charge in [0.2, 0.25) is 5.95 Å². The average Bonchev–Trinajstić information content (AvgIpc) is 3.23. The van der Waals surface area contributed by atoms with E-state index < -0.39 is 0 Å². The Morgan fingerprint density at radius 1 is 1.16 bits per heavy atom. The number of nitrogens with zero attached hydrogens (tertiary/aromatic N) is 3. The van der Waals surface area contributed by atoms with Crippen molar-refractivity contribution in [2.45, 2.75) is 70.3 Å². The summed E-state index contributed by atoms with van der Waals surface area (Å²) in [6, 6.07) is 9.46. The van der Waals surface area contributed by atoms with E-state index in [1.54, 1.807) is 12.1 Å². The summed E-state index contributed by atoms with van der Waals surface area (Å²) in [4.78, 5) is 11.7. The molecule has 7 heteroatoms. The van der Waals surface area contributed by atoms with Gasteiger partial charge in [-0.2, -0.15) is 4.98 Å². The first kappa shape index (κ1) is 21.9. The maximum atomic E-state index is 13.4. The van der Waals surface area contributed by atoms with E-state index in [4.69, 9.17) is 17.2 Å². The molecule has 0 spiro atoms. The van der Waals surface area contributed by atoms with Gasteiger partial charge < -0.3 is 15.5 Å². The van der Waals surface area contributed by atoms with Crippen LogP contribution in [0.4, 0.5) is 16.2 Å². The van der Waals surface area contributed by atoms with E-state index in [2.05, 4.69) is 27.4 Å². The van der Waals surface area contributed by atoms with E-state index >= 15 is 0 Å². The van der Waals surface area contributed by atoms with Crippen molar-refractivity contribution >= 4 is 29.1 Å². The van der Waals surface area contributed by atoms with Gasteiger partial charge in [0.1, 0.15) is 11.6 Å². The first-order valence-electron chi connectivity index (χ1n) is 11.4. The van der Waals surface area contributed by atoms with E-state index in [1.165, 1.54) is 37.7 Å². The van der Waals surface area contributed by atoms with E-state index in [9.17, 15) is 4.39 Å². The van der Waals surface area contributed by atoms with Crippen molar-refractivity contribution in [1.29, 1.82) is 0 Å². The van der Waals surface area contributed by atoms with Gasteiger partial charge in [0.15, 0.2) is 5.11 Å². The van der Waals surface area contributed by atoms with Crippen molar-refractivity contribution in [3.8, 4) is 0 Å². The Labute approximate surface area is 189 Å². The van der Waals surface area contributed by atoms with Crippen LogP contribution in [0.25, 0.3) is 0 Å². The van der Waals surface area contributed by atoms with Crippen LogP contribution in [0, 0.1) is 12.7 Å². The number of thiocarbonyl (C=S) groups is 1. The summed E-state index contributed by atoms with van der Waals surface area (Å²) in [5, 5.41) is 7.10.